The molecule has 0 heterocycles. The molecule has 1 fully saturated rings. The lowest BCUT2D eigenvalue weighted by Gasteiger charge is -2.32. The highest BCUT2D eigenvalue weighted by Crippen LogP contribution is 2.48. The Morgan fingerprint density at radius 2 is 1.56 bits per heavy atom. The number of carbonyl (C=O) groups is 6. The summed E-state index contributed by atoms with van der Waals surface area (Å²) in [6.07, 6.45) is -0.491. The predicted octanol–water partition coefficient (Wildman–Crippen LogP) is 1.85. The third kappa shape index (κ3) is 14.9. The third-order valence-corrected chi connectivity index (χ3v) is 8.83. The summed E-state index contributed by atoms with van der Waals surface area (Å²) in [5.41, 5.74) is 0. The number of rotatable bonds is 18. The largest absolute Gasteiger partial charge is 0.456 e. The van der Waals surface area contributed by atoms with Gasteiger partial charge in [-0.3, -0.25) is 24.0 Å². The van der Waals surface area contributed by atoms with E-state index in [4.69, 9.17) is 28.0 Å². The van der Waals surface area contributed by atoms with Crippen molar-refractivity contribution < 1.29 is 71.2 Å². The molecule has 0 aromatic rings. The Morgan fingerprint density at radius 3 is 2.13 bits per heavy atom. The number of hydrogen-bond acceptors (Lipinski definition) is 15. The molecule has 18 heteroatoms. The Kier molecular flexibility index (Phi) is 17.4. The molecule has 17 nitrogen and oxygen atoms in total. The van der Waals surface area contributed by atoms with Crippen molar-refractivity contribution in [2.75, 3.05) is 61.2 Å². The molecule has 45 heavy (non-hydrogen) atoms. The molecule has 4 atom stereocenters. The normalized spacial score (nSPS) is 18.5. The highest BCUT2D eigenvalue weighted by atomic mass is 31.2. The van der Waals surface area contributed by atoms with Crippen molar-refractivity contribution in [1.29, 1.82) is 0 Å². The van der Waals surface area contributed by atoms with E-state index >= 15 is 0 Å². The Morgan fingerprint density at radius 1 is 0.956 bits per heavy atom. The van der Waals surface area contributed by atoms with E-state index in [1.54, 1.807) is 0 Å². The molecule has 0 saturated heterocycles. The summed E-state index contributed by atoms with van der Waals surface area (Å²) in [5.74, 6) is -3.66. The number of Topliss-reactive ketones (excluding diaryl/α,β-unsaturated/α-hetero) is 1. The maximum absolute atomic E-state index is 12.3. The van der Waals surface area contributed by atoms with Gasteiger partial charge in [0.1, 0.15) is 12.8 Å². The van der Waals surface area contributed by atoms with Crippen molar-refractivity contribution >= 4 is 43.5 Å². The first-order valence-corrected chi connectivity index (χ1v) is 15.7. The quantitative estimate of drug-likeness (QED) is 0.0727. The predicted molar refractivity (Wildman–Crippen MR) is 153 cm³/mol. The molecule has 1 N–H and O–H groups in total. The number of ether oxygens (including phenoxy) is 5. The monoisotopic (exact) mass is 666 g/mol. The molecular weight excluding hydrogens is 623 g/mol. The zero-order chi connectivity index (χ0) is 34.2. The van der Waals surface area contributed by atoms with Gasteiger partial charge in [0.25, 0.3) is 0 Å². The second kappa shape index (κ2) is 19.8. The van der Waals surface area contributed by atoms with E-state index in [-0.39, 0.29) is 31.0 Å². The third-order valence-electron chi connectivity index (χ3n) is 6.73. The van der Waals surface area contributed by atoms with E-state index in [2.05, 4.69) is 11.3 Å². The molecule has 0 bridgehead atoms. The molecule has 1 rings (SSSR count). The maximum Gasteiger partial charge on any atom is 0.411 e. The van der Waals surface area contributed by atoms with Crippen LogP contribution in [0.3, 0.4) is 0 Å². The van der Waals surface area contributed by atoms with Gasteiger partial charge in [-0.2, -0.15) is 0 Å². The Bertz CT molecular complexity index is 1090. The van der Waals surface area contributed by atoms with Crippen LogP contribution in [0, 0.1) is 11.8 Å². The second-order valence-corrected chi connectivity index (χ2v) is 12.6. The van der Waals surface area contributed by atoms with E-state index in [1.807, 2.05) is 0 Å². The summed E-state index contributed by atoms with van der Waals surface area (Å²) in [5, 5.41) is 10.0. The minimum atomic E-state index is -3.45. The van der Waals surface area contributed by atoms with Gasteiger partial charge in [0.2, 0.25) is 6.79 Å². The first-order chi connectivity index (χ1) is 21.1. The molecule has 4 unspecified atom stereocenters. The van der Waals surface area contributed by atoms with Crippen LogP contribution < -0.4 is 0 Å². The van der Waals surface area contributed by atoms with E-state index < -0.39 is 75.8 Å². The summed E-state index contributed by atoms with van der Waals surface area (Å²) in [6, 6.07) is 0. The van der Waals surface area contributed by atoms with E-state index in [0.29, 0.717) is 25.7 Å². The molecule has 1 aliphatic carbocycles. The van der Waals surface area contributed by atoms with Gasteiger partial charge in [-0.25, -0.2) is 19.2 Å². The number of aliphatic hydroxyl groups is 1. The van der Waals surface area contributed by atoms with Crippen molar-refractivity contribution in [2.24, 2.45) is 11.8 Å². The van der Waals surface area contributed by atoms with Gasteiger partial charge in [-0.15, -0.1) is 0 Å². The molecule has 1 aliphatic rings. The molecule has 0 aromatic carbocycles. The van der Waals surface area contributed by atoms with Crippen LogP contribution in [-0.4, -0.2) is 124 Å². The number of carbonyl (C=O) groups excluding carboxylic acids is 6. The van der Waals surface area contributed by atoms with Crippen LogP contribution in [-0.2, 0) is 56.5 Å². The van der Waals surface area contributed by atoms with Crippen LogP contribution in [0.1, 0.15) is 39.0 Å². The van der Waals surface area contributed by atoms with Crippen molar-refractivity contribution in [3.8, 4) is 0 Å². The van der Waals surface area contributed by atoms with Crippen molar-refractivity contribution in [1.82, 2.24) is 9.80 Å². The number of esters is 3. The highest BCUT2D eigenvalue weighted by molar-refractivity contribution is 7.53. The number of nitrogens with zero attached hydrogens (tertiary/aromatic N) is 2. The summed E-state index contributed by atoms with van der Waals surface area (Å²) in [4.78, 5) is 73.9. The summed E-state index contributed by atoms with van der Waals surface area (Å²) in [6.45, 7) is 2.36. The zero-order valence-corrected chi connectivity index (χ0v) is 27.1. The molecule has 2 amide bonds. The number of hydrogen-bond donors (Lipinski definition) is 1. The molecule has 0 aromatic heterocycles. The van der Waals surface area contributed by atoms with Gasteiger partial charge in [0.15, 0.2) is 19.0 Å². The average molecular weight is 667 g/mol. The van der Waals surface area contributed by atoms with Crippen molar-refractivity contribution in [2.45, 2.75) is 51.2 Å². The van der Waals surface area contributed by atoms with E-state index in [1.165, 1.54) is 35.2 Å². The number of amides is 2. The average Bonchev–Trinajstić information content (AvgIpc) is 3.02. The number of aliphatic hydroxyl groups excluding tert-OH is 1. The summed E-state index contributed by atoms with van der Waals surface area (Å²) < 4.78 is 46.0. The minimum Gasteiger partial charge on any atom is -0.456 e. The fourth-order valence-corrected chi connectivity index (χ4v) is 5.37. The van der Waals surface area contributed by atoms with Gasteiger partial charge >= 0.3 is 37.7 Å². The highest BCUT2D eigenvalue weighted by Gasteiger charge is 2.32. The molecule has 1 saturated carbocycles. The molecule has 256 valence electrons. The van der Waals surface area contributed by atoms with Gasteiger partial charge in [0, 0.05) is 40.8 Å². The van der Waals surface area contributed by atoms with Crippen LogP contribution in [0.2, 0.25) is 0 Å². The molecular formula is C27H43N2O15P. The van der Waals surface area contributed by atoms with Gasteiger partial charge in [-0.1, -0.05) is 13.5 Å². The Balaban J connectivity index is 2.31. The number of ketones is 1. The summed E-state index contributed by atoms with van der Waals surface area (Å²) >= 11 is 0. The van der Waals surface area contributed by atoms with E-state index in [0.717, 1.165) is 15.9 Å². The topological polar surface area (TPSA) is 211 Å². The second-order valence-electron chi connectivity index (χ2n) is 10.3. The lowest BCUT2D eigenvalue weighted by Crippen LogP contribution is -2.41. The summed E-state index contributed by atoms with van der Waals surface area (Å²) in [7, 11) is 1.50. The Labute approximate surface area is 261 Å². The van der Waals surface area contributed by atoms with Crippen LogP contribution in [0.25, 0.3) is 0 Å². The van der Waals surface area contributed by atoms with Crippen LogP contribution in [0.15, 0.2) is 12.7 Å². The lowest BCUT2D eigenvalue weighted by molar-refractivity contribution is -0.171. The van der Waals surface area contributed by atoms with Gasteiger partial charge < -0.3 is 37.8 Å². The van der Waals surface area contributed by atoms with Gasteiger partial charge in [0.05, 0.1) is 18.2 Å². The van der Waals surface area contributed by atoms with Crippen molar-refractivity contribution in [3.05, 3.63) is 12.7 Å². The zero-order valence-electron chi connectivity index (χ0n) is 26.2. The van der Waals surface area contributed by atoms with Crippen LogP contribution >= 0.6 is 7.60 Å². The minimum absolute atomic E-state index is 0.0398. The lowest BCUT2D eigenvalue weighted by atomic mass is 9.82. The van der Waals surface area contributed by atoms with E-state index in [9.17, 15) is 38.4 Å². The SMILES string of the molecule is C=CC(=O)OC1CC(CCC(=O)COC(=O)N(C)CN(C)C(=O)OCC(=O)OCOC(=O)C(C)CP(=O)(OC)OC)CCC1O. The smallest absolute Gasteiger partial charge is 0.411 e. The standard InChI is InChI=1S/C27H43N2O15P/c1-7-23(32)44-22-12-19(9-11-21(22)31)8-10-20(30)13-40-26(35)28(3)16-29(4)27(36)41-14-24(33)42-17-43-25(34)18(2)15-45(37,38-5)39-6/h7,18-19,21-22,31H,1,8-17H2,2-6H3. The Hall–Kier alpha value is -3.53. The first-order valence-electron chi connectivity index (χ1n) is 14.0. The van der Waals surface area contributed by atoms with Crippen LogP contribution in [0.4, 0.5) is 9.59 Å². The maximum atomic E-state index is 12.3. The molecule has 0 radical (unpaired) electrons. The fourth-order valence-electron chi connectivity index (χ4n) is 4.11. The molecule has 0 spiro atoms. The first kappa shape index (κ1) is 39.5. The van der Waals surface area contributed by atoms with Crippen LogP contribution in [0.5, 0.6) is 0 Å². The fraction of sp³-hybridized carbons (Fsp3) is 0.704. The molecule has 0 aliphatic heterocycles. The van der Waals surface area contributed by atoms with Gasteiger partial charge in [-0.05, 0) is 31.6 Å². The van der Waals surface area contributed by atoms with Crippen molar-refractivity contribution in [3.63, 3.8) is 0 Å².